The SMILES string of the molecule is CC(C)c1nnsc1C(N)CCc1cnn(C)c1. The van der Waals surface area contributed by atoms with Crippen LogP contribution in [-0.4, -0.2) is 19.4 Å². The van der Waals surface area contributed by atoms with Crippen LogP contribution in [0.1, 0.15) is 48.4 Å². The molecule has 2 N–H and O–H groups in total. The first kappa shape index (κ1) is 13.2. The lowest BCUT2D eigenvalue weighted by molar-refractivity contribution is 0.643. The van der Waals surface area contributed by atoms with Crippen LogP contribution in [0.3, 0.4) is 0 Å². The standard InChI is InChI=1S/C12H19N5S/c1-8(2)11-12(18-16-15-11)10(13)5-4-9-6-14-17(3)7-9/h6-8,10H,4-5,13H2,1-3H3. The molecule has 0 saturated heterocycles. The number of hydrogen-bond acceptors (Lipinski definition) is 5. The Hall–Kier alpha value is -1.27. The quantitative estimate of drug-likeness (QED) is 0.898. The van der Waals surface area contributed by atoms with Crippen molar-refractivity contribution in [2.24, 2.45) is 12.8 Å². The van der Waals surface area contributed by atoms with Crippen molar-refractivity contribution in [2.75, 3.05) is 0 Å². The average Bonchev–Trinajstić information content (AvgIpc) is 2.94. The lowest BCUT2D eigenvalue weighted by Crippen LogP contribution is -2.12. The number of aromatic nitrogens is 4. The van der Waals surface area contributed by atoms with Gasteiger partial charge in [-0.3, -0.25) is 4.68 Å². The van der Waals surface area contributed by atoms with E-state index in [0.717, 1.165) is 23.4 Å². The van der Waals surface area contributed by atoms with Crippen molar-refractivity contribution in [3.63, 3.8) is 0 Å². The fourth-order valence-corrected chi connectivity index (χ4v) is 2.76. The summed E-state index contributed by atoms with van der Waals surface area (Å²) in [4.78, 5) is 1.12. The second-order valence-corrected chi connectivity index (χ2v) is 5.63. The van der Waals surface area contributed by atoms with E-state index in [0.29, 0.717) is 5.92 Å². The van der Waals surface area contributed by atoms with E-state index in [-0.39, 0.29) is 6.04 Å². The maximum absolute atomic E-state index is 6.24. The highest BCUT2D eigenvalue weighted by Gasteiger charge is 2.18. The summed E-state index contributed by atoms with van der Waals surface area (Å²) in [5.41, 5.74) is 8.50. The Balaban J connectivity index is 1.99. The van der Waals surface area contributed by atoms with Gasteiger partial charge < -0.3 is 5.73 Å². The third kappa shape index (κ3) is 2.94. The maximum Gasteiger partial charge on any atom is 0.0828 e. The number of hydrogen-bond donors (Lipinski definition) is 1. The van der Waals surface area contributed by atoms with E-state index in [1.165, 1.54) is 17.1 Å². The van der Waals surface area contributed by atoms with E-state index >= 15 is 0 Å². The van der Waals surface area contributed by atoms with E-state index < -0.39 is 0 Å². The van der Waals surface area contributed by atoms with Crippen LogP contribution < -0.4 is 5.73 Å². The summed E-state index contributed by atoms with van der Waals surface area (Å²) < 4.78 is 5.83. The fourth-order valence-electron chi connectivity index (χ4n) is 1.92. The number of nitrogens with two attached hydrogens (primary N) is 1. The Morgan fingerprint density at radius 2 is 2.22 bits per heavy atom. The molecule has 1 atom stereocenters. The van der Waals surface area contributed by atoms with Crippen molar-refractivity contribution in [1.82, 2.24) is 19.4 Å². The molecule has 0 aliphatic rings. The van der Waals surface area contributed by atoms with Gasteiger partial charge >= 0.3 is 0 Å². The van der Waals surface area contributed by atoms with E-state index in [2.05, 4.69) is 28.5 Å². The predicted octanol–water partition coefficient (Wildman–Crippen LogP) is 2.03. The van der Waals surface area contributed by atoms with E-state index in [1.54, 1.807) is 0 Å². The van der Waals surface area contributed by atoms with Crippen LogP contribution in [0.15, 0.2) is 12.4 Å². The Morgan fingerprint density at radius 1 is 1.44 bits per heavy atom. The highest BCUT2D eigenvalue weighted by Crippen LogP contribution is 2.27. The molecule has 1 unspecified atom stereocenters. The van der Waals surface area contributed by atoms with Gasteiger partial charge in [0.15, 0.2) is 0 Å². The summed E-state index contributed by atoms with van der Waals surface area (Å²) in [6, 6.07) is 0.0163. The zero-order valence-corrected chi connectivity index (χ0v) is 11.8. The summed E-state index contributed by atoms with van der Waals surface area (Å²) in [6.45, 7) is 4.24. The minimum atomic E-state index is 0.0163. The topological polar surface area (TPSA) is 69.6 Å². The molecule has 0 saturated carbocycles. The first-order valence-electron chi connectivity index (χ1n) is 6.13. The normalized spacial score (nSPS) is 13.2. The van der Waals surface area contributed by atoms with Crippen molar-refractivity contribution < 1.29 is 0 Å². The van der Waals surface area contributed by atoms with Gasteiger partial charge in [0.1, 0.15) is 0 Å². The summed E-state index contributed by atoms with van der Waals surface area (Å²) in [5.74, 6) is 0.378. The minimum absolute atomic E-state index is 0.0163. The van der Waals surface area contributed by atoms with Crippen LogP contribution in [-0.2, 0) is 13.5 Å². The van der Waals surface area contributed by atoms with Gasteiger partial charge in [0.05, 0.1) is 16.8 Å². The predicted molar refractivity (Wildman–Crippen MR) is 72.5 cm³/mol. The molecular formula is C12H19N5S. The molecule has 98 valence electrons. The van der Waals surface area contributed by atoms with Crippen molar-refractivity contribution in [3.05, 3.63) is 28.5 Å². The largest absolute Gasteiger partial charge is 0.323 e. The van der Waals surface area contributed by atoms with Crippen LogP contribution in [0.4, 0.5) is 0 Å². The minimum Gasteiger partial charge on any atom is -0.323 e. The number of rotatable bonds is 5. The molecule has 0 spiro atoms. The van der Waals surface area contributed by atoms with Gasteiger partial charge in [-0.05, 0) is 35.9 Å². The van der Waals surface area contributed by atoms with E-state index in [9.17, 15) is 0 Å². The molecule has 2 rings (SSSR count). The summed E-state index contributed by atoms with van der Waals surface area (Å²) in [6.07, 6.45) is 5.75. The monoisotopic (exact) mass is 265 g/mol. The second kappa shape index (κ2) is 5.58. The molecule has 2 heterocycles. The number of nitrogens with zero attached hydrogens (tertiary/aromatic N) is 4. The van der Waals surface area contributed by atoms with Crippen LogP contribution >= 0.6 is 11.5 Å². The Bertz CT molecular complexity index is 502. The Labute approximate surface area is 111 Å². The third-order valence-electron chi connectivity index (χ3n) is 2.93. The lowest BCUT2D eigenvalue weighted by Gasteiger charge is -2.11. The highest BCUT2D eigenvalue weighted by molar-refractivity contribution is 7.05. The van der Waals surface area contributed by atoms with Gasteiger partial charge in [-0.2, -0.15) is 5.10 Å². The molecule has 0 aromatic carbocycles. The molecule has 5 nitrogen and oxygen atoms in total. The summed E-state index contributed by atoms with van der Waals surface area (Å²) >= 11 is 1.42. The molecule has 2 aromatic heterocycles. The molecule has 0 aliphatic carbocycles. The second-order valence-electron chi connectivity index (χ2n) is 4.84. The van der Waals surface area contributed by atoms with Crippen molar-refractivity contribution in [3.8, 4) is 0 Å². The molecule has 0 fully saturated rings. The average molecular weight is 265 g/mol. The summed E-state index contributed by atoms with van der Waals surface area (Å²) in [5, 5.41) is 8.32. The smallest absolute Gasteiger partial charge is 0.0828 e. The molecular weight excluding hydrogens is 246 g/mol. The molecule has 0 radical (unpaired) electrons. The van der Waals surface area contributed by atoms with Crippen molar-refractivity contribution >= 4 is 11.5 Å². The molecule has 6 heteroatoms. The molecule has 0 aliphatic heterocycles. The van der Waals surface area contributed by atoms with Gasteiger partial charge in [0.2, 0.25) is 0 Å². The van der Waals surface area contributed by atoms with E-state index in [4.69, 9.17) is 5.73 Å². The van der Waals surface area contributed by atoms with Gasteiger partial charge in [-0.1, -0.05) is 18.3 Å². The van der Waals surface area contributed by atoms with Crippen molar-refractivity contribution in [1.29, 1.82) is 0 Å². The zero-order chi connectivity index (χ0) is 13.1. The summed E-state index contributed by atoms with van der Waals surface area (Å²) in [7, 11) is 1.92. The molecule has 18 heavy (non-hydrogen) atoms. The Morgan fingerprint density at radius 3 is 2.83 bits per heavy atom. The first-order chi connectivity index (χ1) is 8.58. The van der Waals surface area contributed by atoms with E-state index in [1.807, 2.05) is 24.1 Å². The van der Waals surface area contributed by atoms with Crippen LogP contribution in [0.2, 0.25) is 0 Å². The number of aryl methyl sites for hydroxylation is 2. The molecule has 0 bridgehead atoms. The van der Waals surface area contributed by atoms with Crippen LogP contribution in [0.5, 0.6) is 0 Å². The Kier molecular flexibility index (Phi) is 4.08. The lowest BCUT2D eigenvalue weighted by atomic mass is 10.0. The van der Waals surface area contributed by atoms with Gasteiger partial charge in [-0.15, -0.1) is 5.10 Å². The molecule has 2 aromatic rings. The van der Waals surface area contributed by atoms with Crippen LogP contribution in [0, 0.1) is 0 Å². The first-order valence-corrected chi connectivity index (χ1v) is 6.90. The zero-order valence-electron chi connectivity index (χ0n) is 11.0. The van der Waals surface area contributed by atoms with Gasteiger partial charge in [0, 0.05) is 19.3 Å². The van der Waals surface area contributed by atoms with Gasteiger partial charge in [0.25, 0.3) is 0 Å². The fraction of sp³-hybridized carbons (Fsp3) is 0.583. The van der Waals surface area contributed by atoms with Gasteiger partial charge in [-0.25, -0.2) is 0 Å². The third-order valence-corrected chi connectivity index (χ3v) is 3.80. The molecule has 0 amide bonds. The van der Waals surface area contributed by atoms with Crippen LogP contribution in [0.25, 0.3) is 0 Å². The highest BCUT2D eigenvalue weighted by atomic mass is 32.1. The maximum atomic E-state index is 6.24. The van der Waals surface area contributed by atoms with Crippen molar-refractivity contribution in [2.45, 2.75) is 38.6 Å².